The Morgan fingerprint density at radius 3 is 2.67 bits per heavy atom. The summed E-state index contributed by atoms with van der Waals surface area (Å²) in [5, 5.41) is 8.58. The molecule has 0 fully saturated rings. The van der Waals surface area contributed by atoms with Crippen LogP contribution in [0.4, 0.5) is 4.39 Å². The van der Waals surface area contributed by atoms with E-state index in [2.05, 4.69) is 18.4 Å². The van der Waals surface area contributed by atoms with Gasteiger partial charge in [-0.1, -0.05) is 12.5 Å². The lowest BCUT2D eigenvalue weighted by atomic mass is 10.4. The molecule has 0 saturated carbocycles. The summed E-state index contributed by atoms with van der Waals surface area (Å²) in [5.74, 6) is 3.12. The van der Waals surface area contributed by atoms with E-state index < -0.39 is 11.6 Å². The third kappa shape index (κ3) is 2.55. The molecule has 0 bridgehead atoms. The minimum absolute atomic E-state index is 0.563. The summed E-state index contributed by atoms with van der Waals surface area (Å²) in [5.41, 5.74) is 0. The molecular weight excluding hydrogens is 119 g/mol. The van der Waals surface area contributed by atoms with Crippen LogP contribution in [0.1, 0.15) is 6.92 Å². The highest BCUT2D eigenvalue weighted by atomic mass is 19.1. The predicted molar refractivity (Wildman–Crippen MR) is 34.4 cm³/mol. The number of hydrogen-bond acceptors (Lipinski definition) is 1. The van der Waals surface area contributed by atoms with Crippen molar-refractivity contribution in [3.05, 3.63) is 24.2 Å². The van der Waals surface area contributed by atoms with Gasteiger partial charge in [0, 0.05) is 0 Å². The van der Waals surface area contributed by atoms with E-state index in [1.807, 2.05) is 0 Å². The van der Waals surface area contributed by atoms with Crippen molar-refractivity contribution >= 4 is 0 Å². The van der Waals surface area contributed by atoms with Crippen molar-refractivity contribution in [2.45, 2.75) is 6.92 Å². The molecule has 0 amide bonds. The summed E-state index contributed by atoms with van der Waals surface area (Å²) < 4.78 is 12.1. The number of allylic oxidation sites excluding steroid dienone is 3. The van der Waals surface area contributed by atoms with Crippen molar-refractivity contribution in [2.75, 3.05) is 0 Å². The van der Waals surface area contributed by atoms with Crippen molar-refractivity contribution in [1.29, 1.82) is 0 Å². The van der Waals surface area contributed by atoms with E-state index in [-0.39, 0.29) is 0 Å². The van der Waals surface area contributed by atoms with Crippen LogP contribution in [0.2, 0.25) is 0 Å². The fraction of sp³-hybridized carbons (Fsp3) is 0.143. The van der Waals surface area contributed by atoms with Crippen LogP contribution in [0.15, 0.2) is 24.2 Å². The first-order chi connectivity index (χ1) is 4.22. The second-order valence-corrected chi connectivity index (χ2v) is 1.28. The summed E-state index contributed by atoms with van der Waals surface area (Å²) in [4.78, 5) is 0. The van der Waals surface area contributed by atoms with Crippen LogP contribution in [0.25, 0.3) is 0 Å². The van der Waals surface area contributed by atoms with Crippen molar-refractivity contribution in [3.63, 3.8) is 0 Å². The molecule has 0 spiro atoms. The average Bonchev–Trinajstić information content (AvgIpc) is 1.87. The Hall–Kier alpha value is -1.23. The number of aliphatic hydroxyl groups excluding tert-OH is 1. The minimum Gasteiger partial charge on any atom is -0.499 e. The highest BCUT2D eigenvalue weighted by Crippen LogP contribution is 2.01. The molecule has 0 aromatic carbocycles. The lowest BCUT2D eigenvalue weighted by molar-refractivity contribution is 0.412. The molecule has 0 radical (unpaired) electrons. The van der Waals surface area contributed by atoms with Gasteiger partial charge in [0.1, 0.15) is 0 Å². The minimum atomic E-state index is -0.788. The van der Waals surface area contributed by atoms with Gasteiger partial charge in [-0.3, -0.25) is 0 Å². The molecular formula is C7H7FO. The van der Waals surface area contributed by atoms with Crippen LogP contribution in [-0.2, 0) is 0 Å². The largest absolute Gasteiger partial charge is 0.499 e. The first kappa shape index (κ1) is 7.77. The Morgan fingerprint density at radius 1 is 1.78 bits per heavy atom. The van der Waals surface area contributed by atoms with Gasteiger partial charge in [-0.25, -0.2) is 4.39 Å². The van der Waals surface area contributed by atoms with Gasteiger partial charge in [0.25, 0.3) is 0 Å². The Labute approximate surface area is 53.5 Å². The first-order valence-corrected chi connectivity index (χ1v) is 2.36. The van der Waals surface area contributed by atoms with Gasteiger partial charge in [-0.15, -0.1) is 0 Å². The van der Waals surface area contributed by atoms with Gasteiger partial charge in [0.05, 0.1) is 0 Å². The topological polar surface area (TPSA) is 20.2 Å². The van der Waals surface area contributed by atoms with E-state index in [1.165, 1.54) is 6.92 Å². The second-order valence-electron chi connectivity index (χ2n) is 1.28. The quantitative estimate of drug-likeness (QED) is 0.323. The van der Waals surface area contributed by atoms with Crippen molar-refractivity contribution in [1.82, 2.24) is 0 Å². The van der Waals surface area contributed by atoms with Gasteiger partial charge in [0.2, 0.25) is 5.76 Å². The third-order valence-corrected chi connectivity index (χ3v) is 0.649. The smallest absolute Gasteiger partial charge is 0.203 e. The Morgan fingerprint density at radius 2 is 2.33 bits per heavy atom. The van der Waals surface area contributed by atoms with Crippen LogP contribution in [-0.4, -0.2) is 5.11 Å². The first-order valence-electron chi connectivity index (χ1n) is 2.36. The fourth-order valence-electron chi connectivity index (χ4n) is 0.275. The monoisotopic (exact) mass is 126 g/mol. The van der Waals surface area contributed by atoms with Crippen LogP contribution in [0, 0.1) is 11.8 Å². The molecule has 0 aromatic heterocycles. The standard InChI is InChI=1S/C7H7FO/c1-3-5-7(9)6(8)4-2/h4,9H,2H2,1H3/b7-6+. The lowest BCUT2D eigenvalue weighted by Crippen LogP contribution is -1.77. The zero-order valence-electron chi connectivity index (χ0n) is 5.11. The van der Waals surface area contributed by atoms with Gasteiger partial charge >= 0.3 is 0 Å². The number of hydrogen-bond donors (Lipinski definition) is 1. The zero-order chi connectivity index (χ0) is 7.28. The number of rotatable bonds is 1. The molecule has 1 nitrogen and oxygen atoms in total. The van der Waals surface area contributed by atoms with Gasteiger partial charge in [-0.2, -0.15) is 0 Å². The molecule has 0 aliphatic carbocycles. The molecule has 0 atom stereocenters. The average molecular weight is 126 g/mol. The van der Waals surface area contributed by atoms with E-state index in [0.717, 1.165) is 6.08 Å². The maximum atomic E-state index is 12.1. The Kier molecular flexibility index (Phi) is 3.22. The summed E-state index contributed by atoms with van der Waals surface area (Å²) in [6, 6.07) is 0. The number of halogens is 1. The SMILES string of the molecule is C=C/C(F)=C(\O)C#CC. The van der Waals surface area contributed by atoms with E-state index in [4.69, 9.17) is 5.11 Å². The molecule has 0 aromatic rings. The van der Waals surface area contributed by atoms with Gasteiger partial charge in [0.15, 0.2) is 5.83 Å². The number of aliphatic hydroxyl groups is 1. The molecule has 0 saturated heterocycles. The maximum absolute atomic E-state index is 12.1. The van der Waals surface area contributed by atoms with Gasteiger partial charge in [-0.05, 0) is 18.9 Å². The van der Waals surface area contributed by atoms with Crippen LogP contribution in [0.3, 0.4) is 0 Å². The molecule has 2 heteroatoms. The molecule has 0 unspecified atom stereocenters. The Bertz CT molecular complexity index is 193. The summed E-state index contributed by atoms with van der Waals surface area (Å²) >= 11 is 0. The lowest BCUT2D eigenvalue weighted by Gasteiger charge is -1.85. The van der Waals surface area contributed by atoms with Crippen LogP contribution in [0.5, 0.6) is 0 Å². The normalized spacial score (nSPS) is 10.9. The molecule has 9 heavy (non-hydrogen) atoms. The Balaban J connectivity index is 4.41. The van der Waals surface area contributed by atoms with Crippen molar-refractivity contribution in [2.24, 2.45) is 0 Å². The second kappa shape index (κ2) is 3.73. The van der Waals surface area contributed by atoms with Crippen molar-refractivity contribution < 1.29 is 9.50 Å². The van der Waals surface area contributed by atoms with E-state index in [9.17, 15) is 4.39 Å². The summed E-state index contributed by atoms with van der Waals surface area (Å²) in [6.07, 6.45) is 0.902. The molecule has 1 N–H and O–H groups in total. The summed E-state index contributed by atoms with van der Waals surface area (Å²) in [6.45, 7) is 4.61. The fourth-order valence-corrected chi connectivity index (χ4v) is 0.275. The third-order valence-electron chi connectivity index (χ3n) is 0.649. The van der Waals surface area contributed by atoms with Crippen molar-refractivity contribution in [3.8, 4) is 11.8 Å². The highest BCUT2D eigenvalue weighted by Gasteiger charge is 1.92. The van der Waals surface area contributed by atoms with Crippen LogP contribution >= 0.6 is 0 Å². The maximum Gasteiger partial charge on any atom is 0.203 e. The van der Waals surface area contributed by atoms with E-state index >= 15 is 0 Å². The van der Waals surface area contributed by atoms with E-state index in [1.54, 1.807) is 0 Å². The van der Waals surface area contributed by atoms with E-state index in [0.29, 0.717) is 0 Å². The predicted octanol–water partition coefficient (Wildman–Crippen LogP) is 1.93. The molecule has 0 aliphatic heterocycles. The molecule has 48 valence electrons. The van der Waals surface area contributed by atoms with Gasteiger partial charge < -0.3 is 5.11 Å². The van der Waals surface area contributed by atoms with Crippen LogP contribution < -0.4 is 0 Å². The zero-order valence-corrected chi connectivity index (χ0v) is 5.11. The highest BCUT2D eigenvalue weighted by molar-refractivity contribution is 5.28. The molecule has 0 heterocycles. The summed E-state index contributed by atoms with van der Waals surface area (Å²) in [7, 11) is 0. The molecule has 0 aliphatic rings. The molecule has 0 rings (SSSR count).